The molecular weight excluding hydrogens is 371 g/mol. The molecule has 6 nitrogen and oxygen atoms in total. The highest BCUT2D eigenvalue weighted by Gasteiger charge is 2.45. The molecule has 0 spiro atoms. The lowest BCUT2D eigenvalue weighted by atomic mass is 10.1. The maximum absolute atomic E-state index is 15.4. The molecule has 4 rings (SSSR count). The normalized spacial score (nSPS) is 19.4. The molecule has 8 heteroatoms. The number of hydrogen-bond donors (Lipinski definition) is 0. The Labute approximate surface area is 160 Å². The van der Waals surface area contributed by atoms with Crippen molar-refractivity contribution in [3.63, 3.8) is 0 Å². The van der Waals surface area contributed by atoms with Gasteiger partial charge in [0.25, 0.3) is 5.89 Å². The van der Waals surface area contributed by atoms with Crippen LogP contribution in [0.25, 0.3) is 11.5 Å². The molecule has 0 bridgehead atoms. The molecule has 1 aromatic carbocycles. The van der Waals surface area contributed by atoms with Crippen molar-refractivity contribution in [3.05, 3.63) is 65.2 Å². The minimum atomic E-state index is -1.83. The van der Waals surface area contributed by atoms with Crippen molar-refractivity contribution < 1.29 is 13.7 Å². The van der Waals surface area contributed by atoms with Crippen LogP contribution >= 0.6 is 11.6 Å². The smallest absolute Gasteiger partial charge is 0.258 e. The molecule has 0 saturated carbocycles. The summed E-state index contributed by atoms with van der Waals surface area (Å²) < 4.78 is 20.6. The monoisotopic (exact) mass is 386 g/mol. The topological polar surface area (TPSA) is 72.1 Å². The SMILES string of the molecule is O=C(Cc1ccccc1Cl)N1CCC(F)(c2noc(-c3ccncc3)n2)C1. The fourth-order valence-electron chi connectivity index (χ4n) is 3.10. The van der Waals surface area contributed by atoms with Gasteiger partial charge in [0.15, 0.2) is 5.67 Å². The van der Waals surface area contributed by atoms with E-state index in [9.17, 15) is 4.79 Å². The van der Waals surface area contributed by atoms with Crippen LogP contribution < -0.4 is 0 Å². The fraction of sp³-hybridized carbons (Fsp3) is 0.263. The van der Waals surface area contributed by atoms with E-state index in [-0.39, 0.29) is 37.0 Å². The summed E-state index contributed by atoms with van der Waals surface area (Å²) in [5.74, 6) is 0.00750. The van der Waals surface area contributed by atoms with Crippen LogP contribution in [0, 0.1) is 0 Å². The van der Waals surface area contributed by atoms with Gasteiger partial charge in [0.05, 0.1) is 13.0 Å². The van der Waals surface area contributed by atoms with E-state index in [0.717, 1.165) is 5.56 Å². The maximum atomic E-state index is 15.4. The van der Waals surface area contributed by atoms with Crippen LogP contribution in [0.4, 0.5) is 4.39 Å². The van der Waals surface area contributed by atoms with Crippen LogP contribution in [0.3, 0.4) is 0 Å². The largest absolute Gasteiger partial charge is 0.339 e. The van der Waals surface area contributed by atoms with E-state index in [1.807, 2.05) is 6.07 Å². The van der Waals surface area contributed by atoms with Crippen molar-refractivity contribution in [1.29, 1.82) is 0 Å². The summed E-state index contributed by atoms with van der Waals surface area (Å²) in [5, 5.41) is 4.32. The Kier molecular flexibility index (Phi) is 4.61. The van der Waals surface area contributed by atoms with E-state index in [4.69, 9.17) is 16.1 Å². The molecule has 1 amide bonds. The number of alkyl halides is 1. The fourth-order valence-corrected chi connectivity index (χ4v) is 3.30. The third-order valence-corrected chi connectivity index (χ3v) is 4.99. The quantitative estimate of drug-likeness (QED) is 0.687. The molecule has 27 heavy (non-hydrogen) atoms. The number of pyridine rings is 1. The Balaban J connectivity index is 1.47. The van der Waals surface area contributed by atoms with Gasteiger partial charge in [-0.15, -0.1) is 0 Å². The zero-order valence-corrected chi connectivity index (χ0v) is 15.1. The van der Waals surface area contributed by atoms with Gasteiger partial charge < -0.3 is 9.42 Å². The van der Waals surface area contributed by atoms with Crippen molar-refractivity contribution >= 4 is 17.5 Å². The second kappa shape index (κ2) is 7.08. The molecule has 1 unspecified atom stereocenters. The maximum Gasteiger partial charge on any atom is 0.258 e. The minimum absolute atomic E-state index is 0.0395. The van der Waals surface area contributed by atoms with Crippen molar-refractivity contribution in [2.75, 3.05) is 13.1 Å². The molecule has 0 radical (unpaired) electrons. The molecule has 3 aromatic rings. The van der Waals surface area contributed by atoms with Crippen molar-refractivity contribution in [2.24, 2.45) is 0 Å². The second-order valence-corrected chi connectivity index (χ2v) is 6.87. The minimum Gasteiger partial charge on any atom is -0.339 e. The first-order valence-corrected chi connectivity index (χ1v) is 8.88. The number of halogens is 2. The lowest BCUT2D eigenvalue weighted by Gasteiger charge is -2.18. The van der Waals surface area contributed by atoms with Gasteiger partial charge in [0, 0.05) is 35.9 Å². The molecule has 3 heterocycles. The summed E-state index contributed by atoms with van der Waals surface area (Å²) >= 11 is 6.11. The highest BCUT2D eigenvalue weighted by Crippen LogP contribution is 2.35. The van der Waals surface area contributed by atoms with Gasteiger partial charge in [-0.1, -0.05) is 35.0 Å². The molecule has 1 atom stereocenters. The number of hydrogen-bond acceptors (Lipinski definition) is 5. The highest BCUT2D eigenvalue weighted by atomic mass is 35.5. The van der Waals surface area contributed by atoms with Gasteiger partial charge in [-0.3, -0.25) is 9.78 Å². The number of carbonyl (C=O) groups excluding carboxylic acids is 1. The summed E-state index contributed by atoms with van der Waals surface area (Å²) in [6, 6.07) is 10.5. The van der Waals surface area contributed by atoms with E-state index in [1.165, 1.54) is 4.90 Å². The van der Waals surface area contributed by atoms with Gasteiger partial charge in [0.1, 0.15) is 0 Å². The Morgan fingerprint density at radius 2 is 2.04 bits per heavy atom. The average molecular weight is 387 g/mol. The van der Waals surface area contributed by atoms with E-state index < -0.39 is 5.67 Å². The number of aromatic nitrogens is 3. The number of nitrogens with zero attached hydrogens (tertiary/aromatic N) is 4. The first-order valence-electron chi connectivity index (χ1n) is 8.50. The summed E-state index contributed by atoms with van der Waals surface area (Å²) in [6.45, 7) is 0.185. The number of rotatable bonds is 4. The van der Waals surface area contributed by atoms with Crippen LogP contribution in [-0.2, 0) is 16.9 Å². The number of likely N-dealkylation sites (tertiary alicyclic amines) is 1. The lowest BCUT2D eigenvalue weighted by molar-refractivity contribution is -0.130. The van der Waals surface area contributed by atoms with Crippen LogP contribution in [0.5, 0.6) is 0 Å². The van der Waals surface area contributed by atoms with Gasteiger partial charge >= 0.3 is 0 Å². The van der Waals surface area contributed by atoms with Gasteiger partial charge in [-0.05, 0) is 23.8 Å². The van der Waals surface area contributed by atoms with Crippen molar-refractivity contribution in [1.82, 2.24) is 20.0 Å². The average Bonchev–Trinajstić information content (AvgIpc) is 3.33. The third-order valence-electron chi connectivity index (χ3n) is 4.63. The van der Waals surface area contributed by atoms with Gasteiger partial charge in [0.2, 0.25) is 11.7 Å². The number of benzene rings is 1. The Hall–Kier alpha value is -2.80. The highest BCUT2D eigenvalue weighted by molar-refractivity contribution is 6.31. The lowest BCUT2D eigenvalue weighted by Crippen LogP contribution is -2.33. The zero-order chi connectivity index (χ0) is 18.9. The Bertz CT molecular complexity index is 965. The van der Waals surface area contributed by atoms with Crippen LogP contribution in [0.2, 0.25) is 5.02 Å². The second-order valence-electron chi connectivity index (χ2n) is 6.46. The molecule has 1 aliphatic rings. The van der Waals surface area contributed by atoms with Crippen molar-refractivity contribution in [3.8, 4) is 11.5 Å². The molecule has 1 fully saturated rings. The van der Waals surface area contributed by atoms with E-state index in [2.05, 4.69) is 15.1 Å². The molecule has 1 aliphatic heterocycles. The summed E-state index contributed by atoms with van der Waals surface area (Å²) in [7, 11) is 0. The molecule has 0 aliphatic carbocycles. The molecule has 1 saturated heterocycles. The first-order chi connectivity index (χ1) is 13.0. The molecule has 2 aromatic heterocycles. The van der Waals surface area contributed by atoms with Gasteiger partial charge in [-0.2, -0.15) is 4.98 Å². The van der Waals surface area contributed by atoms with Crippen molar-refractivity contribution in [2.45, 2.75) is 18.5 Å². The standard InChI is InChI=1S/C19H16ClFN4O2/c20-15-4-2-1-3-14(15)11-16(26)25-10-7-19(21,12-25)18-23-17(27-24-18)13-5-8-22-9-6-13/h1-6,8-9H,7,10-12H2. The van der Waals surface area contributed by atoms with E-state index >= 15 is 4.39 Å². The predicted molar refractivity (Wildman–Crippen MR) is 96.7 cm³/mol. The molecule has 0 N–H and O–H groups in total. The zero-order valence-electron chi connectivity index (χ0n) is 14.3. The van der Waals surface area contributed by atoms with Crippen LogP contribution in [-0.4, -0.2) is 39.0 Å². The van der Waals surface area contributed by atoms with Crippen LogP contribution in [0.15, 0.2) is 53.3 Å². The first kappa shape index (κ1) is 17.6. The Morgan fingerprint density at radius 3 is 2.81 bits per heavy atom. The number of amides is 1. The number of carbonyl (C=O) groups is 1. The van der Waals surface area contributed by atoms with E-state index in [1.54, 1.807) is 42.7 Å². The summed E-state index contributed by atoms with van der Waals surface area (Å²) in [5.41, 5.74) is -0.442. The van der Waals surface area contributed by atoms with Gasteiger partial charge in [-0.25, -0.2) is 4.39 Å². The summed E-state index contributed by atoms with van der Waals surface area (Å²) in [6.07, 6.45) is 3.44. The molecule has 138 valence electrons. The van der Waals surface area contributed by atoms with E-state index in [0.29, 0.717) is 17.1 Å². The summed E-state index contributed by atoms with van der Waals surface area (Å²) in [4.78, 5) is 22.1. The predicted octanol–water partition coefficient (Wildman–Crippen LogP) is 3.42. The Morgan fingerprint density at radius 1 is 1.26 bits per heavy atom. The molecular formula is C19H16ClFN4O2. The van der Waals surface area contributed by atoms with Crippen LogP contribution in [0.1, 0.15) is 17.8 Å². The third kappa shape index (κ3) is 3.55.